The lowest BCUT2D eigenvalue weighted by Crippen LogP contribution is -2.40. The Hall–Kier alpha value is -5.65. The molecule has 0 spiro atoms. The van der Waals surface area contributed by atoms with Crippen molar-refractivity contribution in [1.82, 2.24) is 10.6 Å². The summed E-state index contributed by atoms with van der Waals surface area (Å²) in [6.07, 6.45) is -2.40. The van der Waals surface area contributed by atoms with Gasteiger partial charge in [0.1, 0.15) is 55.5 Å². The summed E-state index contributed by atoms with van der Waals surface area (Å²) in [5, 5.41) is 15.9. The maximum Gasteiger partial charge on any atom is 0.407 e. The Bertz CT molecular complexity index is 1680. The molecule has 0 saturated carbocycles. The van der Waals surface area contributed by atoms with Crippen molar-refractivity contribution in [3.05, 3.63) is 109 Å². The molecule has 0 fully saturated rings. The van der Waals surface area contributed by atoms with Gasteiger partial charge in [-0.3, -0.25) is 5.32 Å². The molecule has 0 saturated heterocycles. The van der Waals surface area contributed by atoms with E-state index < -0.39 is 36.7 Å². The van der Waals surface area contributed by atoms with Crippen LogP contribution in [0.25, 0.3) is 0 Å². The van der Waals surface area contributed by atoms with Gasteiger partial charge in [-0.05, 0) is 75.2 Å². The topological polar surface area (TPSA) is 188 Å². The molecule has 0 aliphatic rings. The first-order chi connectivity index (χ1) is 29.1. The number of amides is 1. The Morgan fingerprint density at radius 1 is 0.567 bits per heavy atom. The Balaban J connectivity index is 1.33. The van der Waals surface area contributed by atoms with Gasteiger partial charge in [0.15, 0.2) is 6.10 Å². The molecule has 0 heterocycles. The molecule has 60 heavy (non-hydrogen) atoms. The minimum Gasteiger partial charge on any atom is -0.491 e. The molecule has 0 aliphatic heterocycles. The molecule has 3 aromatic rings. The van der Waals surface area contributed by atoms with Gasteiger partial charge in [0.05, 0.1) is 39.6 Å². The van der Waals surface area contributed by atoms with Crippen LogP contribution in [0.2, 0.25) is 0 Å². The minimum atomic E-state index is -1.30. The van der Waals surface area contributed by atoms with Crippen LogP contribution in [0.3, 0.4) is 0 Å². The average molecular weight is 839 g/mol. The Morgan fingerprint density at radius 2 is 1.02 bits per heavy atom. The van der Waals surface area contributed by atoms with Gasteiger partial charge >= 0.3 is 18.0 Å². The van der Waals surface area contributed by atoms with Crippen molar-refractivity contribution in [3.63, 3.8) is 0 Å². The summed E-state index contributed by atoms with van der Waals surface area (Å²) in [6.45, 7) is 12.4. The first-order valence-corrected chi connectivity index (χ1v) is 19.6. The van der Waals surface area contributed by atoms with Gasteiger partial charge in [-0.1, -0.05) is 49.6 Å². The average Bonchev–Trinajstić information content (AvgIpc) is 3.24. The number of benzene rings is 3. The predicted molar refractivity (Wildman–Crippen MR) is 221 cm³/mol. The highest BCUT2D eigenvalue weighted by atomic mass is 16.7. The first-order valence-electron chi connectivity index (χ1n) is 19.6. The highest BCUT2D eigenvalue weighted by Crippen LogP contribution is 2.18. The summed E-state index contributed by atoms with van der Waals surface area (Å²) in [5.41, 5.74) is 0.627. The number of nitrogens with one attached hydrogen (secondary N) is 2. The first kappa shape index (κ1) is 48.7. The smallest absolute Gasteiger partial charge is 0.407 e. The summed E-state index contributed by atoms with van der Waals surface area (Å²) in [7, 11) is 0. The Kier molecular flexibility index (Phi) is 24.0. The highest BCUT2D eigenvalue weighted by Gasteiger charge is 2.18. The Morgan fingerprint density at radius 3 is 1.52 bits per heavy atom. The van der Waals surface area contributed by atoms with Crippen molar-refractivity contribution < 1.29 is 66.9 Å². The van der Waals surface area contributed by atoms with E-state index in [9.17, 15) is 19.5 Å². The van der Waals surface area contributed by atoms with Gasteiger partial charge in [-0.15, -0.1) is 0 Å². The van der Waals surface area contributed by atoms with Crippen LogP contribution in [0.15, 0.2) is 109 Å². The molecule has 3 unspecified atom stereocenters. The number of para-hydroxylation sites is 2. The maximum atomic E-state index is 12.4. The number of alkyl carbamates (subject to hydrolysis) is 1. The summed E-state index contributed by atoms with van der Waals surface area (Å²) in [4.78, 5) is 35.4. The molecule has 16 nitrogen and oxygen atoms in total. The fourth-order valence-corrected chi connectivity index (χ4v) is 4.71. The van der Waals surface area contributed by atoms with Crippen molar-refractivity contribution in [1.29, 1.82) is 0 Å². The third-order valence-electron chi connectivity index (χ3n) is 7.77. The van der Waals surface area contributed by atoms with Gasteiger partial charge < -0.3 is 57.8 Å². The van der Waals surface area contributed by atoms with Crippen molar-refractivity contribution in [3.8, 4) is 23.0 Å². The van der Waals surface area contributed by atoms with E-state index in [4.69, 9.17) is 47.4 Å². The van der Waals surface area contributed by atoms with Gasteiger partial charge in [-0.2, -0.15) is 0 Å². The van der Waals surface area contributed by atoms with Crippen molar-refractivity contribution in [2.45, 2.75) is 45.3 Å². The molecule has 328 valence electrons. The lowest BCUT2D eigenvalue weighted by atomic mass is 10.3. The second-order valence-corrected chi connectivity index (χ2v) is 13.1. The summed E-state index contributed by atoms with van der Waals surface area (Å²) in [6, 6.07) is 25.4. The van der Waals surface area contributed by atoms with Crippen molar-refractivity contribution >= 4 is 18.0 Å². The van der Waals surface area contributed by atoms with Crippen LogP contribution in [0.4, 0.5) is 4.79 Å². The molecule has 3 N–H and O–H groups in total. The fourth-order valence-electron chi connectivity index (χ4n) is 4.71. The number of aliphatic hydroxyl groups is 1. The Labute approximate surface area is 351 Å². The van der Waals surface area contributed by atoms with E-state index >= 15 is 0 Å². The lowest BCUT2D eigenvalue weighted by molar-refractivity contribution is -0.176. The van der Waals surface area contributed by atoms with E-state index in [0.29, 0.717) is 53.5 Å². The van der Waals surface area contributed by atoms with E-state index in [1.165, 1.54) is 0 Å². The minimum absolute atomic E-state index is 0.0649. The standard InChI is InChI=1S/C44H58N2O14/c1-33(2)41(47)55-23-11-21-45-43(49)59-39(31-57-35-13-7-5-8-14-35)29-51-25-27-53-37-17-19-38(20-18-37)54-28-26-52-30-40(32-58-36-15-9-6-10-16-36)60-44(50)46-22-12-24-56-42(48)34(3)4/h5-10,13-20,39-40,43,45,49H,1,3,11-12,21-32H2,2,4H3,(H,46,50). The van der Waals surface area contributed by atoms with Crippen LogP contribution in [0.1, 0.15) is 26.7 Å². The molecular weight excluding hydrogens is 780 g/mol. The third kappa shape index (κ3) is 22.5. The van der Waals surface area contributed by atoms with Gasteiger partial charge in [-0.25, -0.2) is 14.4 Å². The maximum absolute atomic E-state index is 12.4. The zero-order chi connectivity index (χ0) is 43.2. The van der Waals surface area contributed by atoms with Gasteiger partial charge in [0.25, 0.3) is 0 Å². The second kappa shape index (κ2) is 29.5. The number of ether oxygens (including phenoxy) is 10. The van der Waals surface area contributed by atoms with Crippen LogP contribution in [-0.2, 0) is 38.0 Å². The van der Waals surface area contributed by atoms with Crippen LogP contribution in [-0.4, -0.2) is 121 Å². The fraction of sp³-hybridized carbons (Fsp3) is 0.432. The number of rotatable bonds is 32. The largest absolute Gasteiger partial charge is 0.491 e. The summed E-state index contributed by atoms with van der Waals surface area (Å²) >= 11 is 0. The van der Waals surface area contributed by atoms with E-state index in [1.807, 2.05) is 48.5 Å². The van der Waals surface area contributed by atoms with E-state index in [2.05, 4.69) is 23.8 Å². The van der Waals surface area contributed by atoms with Crippen LogP contribution >= 0.6 is 0 Å². The summed E-state index contributed by atoms with van der Waals surface area (Å²) < 4.78 is 56.1. The van der Waals surface area contributed by atoms with Crippen LogP contribution in [0, 0.1) is 0 Å². The SMILES string of the molecule is C=C(C)C(=O)OCCCNC(=O)OC(COCCOc1ccc(OCCOCC(COc2ccccc2)OC(O)NCCCOC(=O)C(=C)C)cc1)COc1ccccc1. The van der Waals surface area contributed by atoms with Crippen molar-refractivity contribution in [2.24, 2.45) is 0 Å². The lowest BCUT2D eigenvalue weighted by Gasteiger charge is -2.22. The molecule has 3 atom stereocenters. The van der Waals surface area contributed by atoms with Crippen molar-refractivity contribution in [2.75, 3.05) is 79.2 Å². The number of esters is 2. The zero-order valence-electron chi connectivity index (χ0n) is 34.4. The zero-order valence-corrected chi connectivity index (χ0v) is 34.4. The number of aliphatic hydroxyl groups excluding tert-OH is 1. The molecular formula is C44H58N2O14. The van der Waals surface area contributed by atoms with Crippen LogP contribution in [0.5, 0.6) is 23.0 Å². The van der Waals surface area contributed by atoms with Crippen LogP contribution < -0.4 is 29.6 Å². The molecule has 3 aromatic carbocycles. The molecule has 0 aromatic heterocycles. The monoisotopic (exact) mass is 838 g/mol. The molecule has 16 heteroatoms. The number of hydrogen-bond acceptors (Lipinski definition) is 15. The van der Waals surface area contributed by atoms with E-state index in [1.54, 1.807) is 50.2 Å². The third-order valence-corrected chi connectivity index (χ3v) is 7.77. The van der Waals surface area contributed by atoms with E-state index in [0.717, 1.165) is 0 Å². The number of hydrogen-bond donors (Lipinski definition) is 3. The van der Waals surface area contributed by atoms with Gasteiger partial charge in [0.2, 0.25) is 6.41 Å². The number of carbonyl (C=O) groups excluding carboxylic acids is 3. The highest BCUT2D eigenvalue weighted by molar-refractivity contribution is 5.87. The normalized spacial score (nSPS) is 12.2. The second-order valence-electron chi connectivity index (χ2n) is 13.1. The molecule has 0 radical (unpaired) electrons. The van der Waals surface area contributed by atoms with Gasteiger partial charge in [0, 0.05) is 24.2 Å². The summed E-state index contributed by atoms with van der Waals surface area (Å²) in [5.74, 6) is 1.54. The molecule has 0 aliphatic carbocycles. The predicted octanol–water partition coefficient (Wildman–Crippen LogP) is 5.00. The molecule has 3 rings (SSSR count). The number of carbonyl (C=O) groups is 3. The molecule has 1 amide bonds. The quantitative estimate of drug-likeness (QED) is 0.0251. The molecule has 0 bridgehead atoms. The van der Waals surface area contributed by atoms with E-state index in [-0.39, 0.29) is 72.6 Å².